The molecule has 0 saturated carbocycles. The molecular formula is C34H30NO5+. The predicted molar refractivity (Wildman–Crippen MR) is 152 cm³/mol. The van der Waals surface area contributed by atoms with Crippen molar-refractivity contribution in [2.24, 2.45) is 0 Å². The van der Waals surface area contributed by atoms with E-state index in [9.17, 15) is 0 Å². The van der Waals surface area contributed by atoms with Crippen LogP contribution in [0.2, 0.25) is 0 Å². The third kappa shape index (κ3) is 4.12. The normalized spacial score (nSPS) is 13.3. The molecule has 0 bridgehead atoms. The van der Waals surface area contributed by atoms with Crippen molar-refractivity contribution < 1.29 is 28.3 Å². The van der Waals surface area contributed by atoms with Crippen molar-refractivity contribution >= 4 is 10.8 Å². The summed E-state index contributed by atoms with van der Waals surface area (Å²) in [6.45, 7) is 1.47. The van der Waals surface area contributed by atoms with Crippen molar-refractivity contribution in [2.75, 3.05) is 21.0 Å². The van der Waals surface area contributed by atoms with Gasteiger partial charge in [-0.2, -0.15) is 4.57 Å². The van der Waals surface area contributed by atoms with Gasteiger partial charge in [-0.1, -0.05) is 60.7 Å². The van der Waals surface area contributed by atoms with Gasteiger partial charge in [0.25, 0.3) is 0 Å². The summed E-state index contributed by atoms with van der Waals surface area (Å²) in [5, 5.41) is 2.05. The number of pyridine rings is 1. The molecule has 0 unspecified atom stereocenters. The van der Waals surface area contributed by atoms with E-state index in [2.05, 4.69) is 77.5 Å². The lowest BCUT2D eigenvalue weighted by Crippen LogP contribution is -2.41. The molecule has 200 valence electrons. The summed E-state index contributed by atoms with van der Waals surface area (Å²) in [7, 11) is 3.36. The minimum absolute atomic E-state index is 0.224. The van der Waals surface area contributed by atoms with E-state index in [1.165, 1.54) is 5.56 Å². The zero-order chi connectivity index (χ0) is 27.1. The van der Waals surface area contributed by atoms with Gasteiger partial charge in [0, 0.05) is 11.8 Å². The zero-order valence-electron chi connectivity index (χ0n) is 22.6. The molecule has 7 rings (SSSR count). The lowest BCUT2D eigenvalue weighted by Gasteiger charge is -2.23. The quantitative estimate of drug-likeness (QED) is 0.227. The van der Waals surface area contributed by atoms with Crippen molar-refractivity contribution in [1.82, 2.24) is 0 Å². The molecule has 5 aromatic rings. The standard InChI is InChI=1S/C34H30NO5/c1-36-29-14-13-25-27(34(29)37-2)19-35-16-15-24-17-30-31(40-21-39-30)18-26(24)32(35)28(25)20-38-33(22-9-5-3-6-10-22)23-11-7-4-8-12-23/h3-14,17-19,33H,15-16,20-21H2,1-2H3/q+1. The Balaban J connectivity index is 1.42. The van der Waals surface area contributed by atoms with E-state index in [1.807, 2.05) is 18.2 Å². The Morgan fingerprint density at radius 2 is 1.50 bits per heavy atom. The molecule has 0 N–H and O–H groups in total. The fourth-order valence-corrected chi connectivity index (χ4v) is 5.96. The van der Waals surface area contributed by atoms with E-state index in [-0.39, 0.29) is 12.9 Å². The first-order valence-corrected chi connectivity index (χ1v) is 13.5. The number of hydrogen-bond donors (Lipinski definition) is 0. The molecule has 0 amide bonds. The van der Waals surface area contributed by atoms with Gasteiger partial charge in [0.2, 0.25) is 12.5 Å². The Kier molecular flexibility index (Phi) is 6.25. The Morgan fingerprint density at radius 1 is 0.800 bits per heavy atom. The molecule has 6 heteroatoms. The molecule has 0 fully saturated rings. The number of ether oxygens (including phenoxy) is 5. The summed E-state index contributed by atoms with van der Waals surface area (Å²) in [4.78, 5) is 0. The number of rotatable bonds is 7. The number of benzene rings is 4. The molecule has 0 saturated heterocycles. The largest absolute Gasteiger partial charge is 0.493 e. The molecule has 0 spiro atoms. The van der Waals surface area contributed by atoms with Crippen LogP contribution in [0.4, 0.5) is 0 Å². The molecule has 2 aliphatic heterocycles. The lowest BCUT2D eigenvalue weighted by atomic mass is 9.91. The van der Waals surface area contributed by atoms with Gasteiger partial charge in [-0.15, -0.1) is 0 Å². The van der Waals surface area contributed by atoms with E-state index in [0.717, 1.165) is 68.9 Å². The Labute approximate surface area is 233 Å². The SMILES string of the molecule is COc1ccc2c(COC(c3ccccc3)c3ccccc3)c3[n+](cc2c1OC)CCc1cc2c(cc1-3)OCO2. The minimum atomic E-state index is -0.224. The highest BCUT2D eigenvalue weighted by Gasteiger charge is 2.33. The van der Waals surface area contributed by atoms with E-state index < -0.39 is 0 Å². The summed E-state index contributed by atoms with van der Waals surface area (Å²) < 4.78 is 32.2. The first kappa shape index (κ1) is 24.5. The molecule has 3 heterocycles. The van der Waals surface area contributed by atoms with E-state index >= 15 is 0 Å². The summed E-state index contributed by atoms with van der Waals surface area (Å²) in [6.07, 6.45) is 2.84. The number of methoxy groups -OCH3 is 2. The number of fused-ring (bicyclic) bond motifs is 5. The number of hydrogen-bond acceptors (Lipinski definition) is 5. The second-order valence-electron chi connectivity index (χ2n) is 10.0. The third-order valence-corrected chi connectivity index (χ3v) is 7.84. The second-order valence-corrected chi connectivity index (χ2v) is 10.0. The van der Waals surface area contributed by atoms with Crippen LogP contribution in [0.3, 0.4) is 0 Å². The van der Waals surface area contributed by atoms with Crippen LogP contribution < -0.4 is 23.5 Å². The topological polar surface area (TPSA) is 50.0 Å². The Hall–Kier alpha value is -4.55. The summed E-state index contributed by atoms with van der Waals surface area (Å²) in [5.41, 5.74) is 6.82. The Morgan fingerprint density at radius 3 is 2.17 bits per heavy atom. The Bertz CT molecular complexity index is 1660. The summed E-state index contributed by atoms with van der Waals surface area (Å²) >= 11 is 0. The molecule has 0 atom stereocenters. The van der Waals surface area contributed by atoms with Crippen LogP contribution in [0.1, 0.15) is 28.4 Å². The maximum absolute atomic E-state index is 6.87. The van der Waals surface area contributed by atoms with Gasteiger partial charge in [-0.3, -0.25) is 0 Å². The summed E-state index contributed by atoms with van der Waals surface area (Å²) in [5.74, 6) is 3.01. The lowest BCUT2D eigenvalue weighted by molar-refractivity contribution is -0.686. The summed E-state index contributed by atoms with van der Waals surface area (Å²) in [6, 6.07) is 29.1. The fourth-order valence-electron chi connectivity index (χ4n) is 5.96. The van der Waals surface area contributed by atoms with Gasteiger partial charge >= 0.3 is 0 Å². The third-order valence-electron chi connectivity index (χ3n) is 7.84. The second kappa shape index (κ2) is 10.2. The molecule has 2 aliphatic rings. The van der Waals surface area contributed by atoms with Crippen molar-refractivity contribution in [3.63, 3.8) is 0 Å². The van der Waals surface area contributed by atoms with E-state index in [4.69, 9.17) is 23.7 Å². The van der Waals surface area contributed by atoms with Gasteiger partial charge in [-0.25, -0.2) is 0 Å². The van der Waals surface area contributed by atoms with Crippen LogP contribution >= 0.6 is 0 Å². The van der Waals surface area contributed by atoms with Crippen LogP contribution in [0.15, 0.2) is 91.1 Å². The highest BCUT2D eigenvalue weighted by molar-refractivity contribution is 5.95. The van der Waals surface area contributed by atoms with Crippen molar-refractivity contribution in [2.45, 2.75) is 25.7 Å². The van der Waals surface area contributed by atoms with E-state index in [1.54, 1.807) is 14.2 Å². The van der Waals surface area contributed by atoms with Crippen LogP contribution in [-0.4, -0.2) is 21.0 Å². The van der Waals surface area contributed by atoms with Gasteiger partial charge in [0.15, 0.2) is 35.7 Å². The van der Waals surface area contributed by atoms with Gasteiger partial charge in [-0.05, 0) is 41.0 Å². The molecule has 4 aromatic carbocycles. The number of aryl methyl sites for hydroxylation is 2. The molecule has 0 aliphatic carbocycles. The average molecular weight is 533 g/mol. The van der Waals surface area contributed by atoms with Crippen LogP contribution in [0.5, 0.6) is 23.0 Å². The van der Waals surface area contributed by atoms with Gasteiger partial charge < -0.3 is 23.7 Å². The fraction of sp³-hybridized carbons (Fsp3) is 0.206. The minimum Gasteiger partial charge on any atom is -0.493 e. The first-order chi connectivity index (χ1) is 19.7. The molecule has 1 aromatic heterocycles. The zero-order valence-corrected chi connectivity index (χ0v) is 22.6. The number of nitrogens with zero attached hydrogens (tertiary/aromatic N) is 1. The molecule has 40 heavy (non-hydrogen) atoms. The predicted octanol–water partition coefficient (Wildman–Crippen LogP) is 6.40. The van der Waals surface area contributed by atoms with Crippen LogP contribution in [0, 0.1) is 0 Å². The van der Waals surface area contributed by atoms with Crippen LogP contribution in [-0.2, 0) is 24.3 Å². The van der Waals surface area contributed by atoms with Crippen molar-refractivity contribution in [3.8, 4) is 34.3 Å². The average Bonchev–Trinajstić information content (AvgIpc) is 3.47. The smallest absolute Gasteiger partial charge is 0.231 e. The van der Waals surface area contributed by atoms with Crippen molar-refractivity contribution in [3.05, 3.63) is 113 Å². The highest BCUT2D eigenvalue weighted by atomic mass is 16.7. The molecule has 6 nitrogen and oxygen atoms in total. The van der Waals surface area contributed by atoms with Gasteiger partial charge in [0.05, 0.1) is 37.3 Å². The molecule has 0 radical (unpaired) electrons. The van der Waals surface area contributed by atoms with Crippen LogP contribution in [0.25, 0.3) is 22.0 Å². The van der Waals surface area contributed by atoms with E-state index in [0.29, 0.717) is 12.4 Å². The maximum atomic E-state index is 6.87. The molecular weight excluding hydrogens is 502 g/mol. The number of aromatic nitrogens is 1. The maximum Gasteiger partial charge on any atom is 0.231 e. The van der Waals surface area contributed by atoms with Crippen molar-refractivity contribution in [1.29, 1.82) is 0 Å². The highest BCUT2D eigenvalue weighted by Crippen LogP contribution is 2.44. The monoisotopic (exact) mass is 532 g/mol. The van der Waals surface area contributed by atoms with Gasteiger partial charge in [0.1, 0.15) is 6.10 Å². The first-order valence-electron chi connectivity index (χ1n) is 13.5.